The molecule has 1 fully saturated rings. The van der Waals surface area contributed by atoms with E-state index in [1.807, 2.05) is 41.2 Å². The molecule has 0 saturated heterocycles. The van der Waals surface area contributed by atoms with Gasteiger partial charge in [0, 0.05) is 24.3 Å². The van der Waals surface area contributed by atoms with Crippen molar-refractivity contribution in [2.24, 2.45) is 5.92 Å². The highest BCUT2D eigenvalue weighted by Gasteiger charge is 2.25. The van der Waals surface area contributed by atoms with Gasteiger partial charge in [0.05, 0.1) is 18.0 Å². The molecule has 0 bridgehead atoms. The number of benzene rings is 1. The van der Waals surface area contributed by atoms with E-state index in [2.05, 4.69) is 23.5 Å². The number of nitrogens with one attached hydrogen (secondary N) is 1. The largest absolute Gasteiger partial charge is 0.393 e. The third kappa shape index (κ3) is 3.34. The Morgan fingerprint density at radius 3 is 2.86 bits per heavy atom. The molecule has 1 heterocycles. The SMILES string of the molecule is CC(NCC1CCCC1O)c1cnn(-c2ccccc2)c1. The molecule has 1 aromatic carbocycles. The Kier molecular flexibility index (Phi) is 4.36. The number of aliphatic hydroxyl groups is 1. The first-order valence-corrected chi connectivity index (χ1v) is 7.75. The lowest BCUT2D eigenvalue weighted by Gasteiger charge is -2.18. The van der Waals surface area contributed by atoms with Crippen LogP contribution in [0.15, 0.2) is 42.7 Å². The van der Waals surface area contributed by atoms with Crippen LogP contribution in [0.4, 0.5) is 0 Å². The molecule has 3 atom stereocenters. The summed E-state index contributed by atoms with van der Waals surface area (Å²) in [6, 6.07) is 10.4. The first kappa shape index (κ1) is 14.3. The molecule has 4 heteroatoms. The highest BCUT2D eigenvalue weighted by atomic mass is 16.3. The van der Waals surface area contributed by atoms with Gasteiger partial charge in [-0.25, -0.2) is 4.68 Å². The first-order valence-electron chi connectivity index (χ1n) is 7.75. The van der Waals surface area contributed by atoms with E-state index >= 15 is 0 Å². The van der Waals surface area contributed by atoms with Gasteiger partial charge >= 0.3 is 0 Å². The smallest absolute Gasteiger partial charge is 0.0645 e. The van der Waals surface area contributed by atoms with Gasteiger partial charge in [0.25, 0.3) is 0 Å². The zero-order chi connectivity index (χ0) is 14.7. The van der Waals surface area contributed by atoms with Gasteiger partial charge in [0.2, 0.25) is 0 Å². The highest BCUT2D eigenvalue weighted by molar-refractivity contribution is 5.31. The second-order valence-corrected chi connectivity index (χ2v) is 5.94. The van der Waals surface area contributed by atoms with Crippen LogP contribution < -0.4 is 5.32 Å². The molecule has 3 unspecified atom stereocenters. The number of hydrogen-bond donors (Lipinski definition) is 2. The summed E-state index contributed by atoms with van der Waals surface area (Å²) in [4.78, 5) is 0. The molecule has 1 aromatic heterocycles. The lowest BCUT2D eigenvalue weighted by atomic mass is 10.1. The van der Waals surface area contributed by atoms with Gasteiger partial charge in [0.15, 0.2) is 0 Å². The molecule has 3 rings (SSSR count). The molecule has 2 aromatic rings. The summed E-state index contributed by atoms with van der Waals surface area (Å²) in [5.41, 5.74) is 2.24. The summed E-state index contributed by atoms with van der Waals surface area (Å²) in [6.45, 7) is 3.02. The molecule has 112 valence electrons. The second kappa shape index (κ2) is 6.41. The Hall–Kier alpha value is -1.65. The molecule has 1 aliphatic rings. The molecule has 2 N–H and O–H groups in total. The molecule has 0 aliphatic heterocycles. The normalized spacial score (nSPS) is 23.3. The van der Waals surface area contributed by atoms with Crippen LogP contribution in [0.5, 0.6) is 0 Å². The predicted octanol–water partition coefficient (Wildman–Crippen LogP) is 2.68. The number of aliphatic hydroxyl groups excluding tert-OH is 1. The fraction of sp³-hybridized carbons (Fsp3) is 0.471. The Labute approximate surface area is 125 Å². The van der Waals surface area contributed by atoms with Crippen LogP contribution in [0.1, 0.15) is 37.8 Å². The highest BCUT2D eigenvalue weighted by Crippen LogP contribution is 2.25. The number of rotatable bonds is 5. The van der Waals surface area contributed by atoms with Gasteiger partial charge in [-0.2, -0.15) is 5.10 Å². The van der Waals surface area contributed by atoms with Crippen molar-refractivity contribution in [1.82, 2.24) is 15.1 Å². The van der Waals surface area contributed by atoms with E-state index in [-0.39, 0.29) is 12.1 Å². The van der Waals surface area contributed by atoms with Crippen LogP contribution in [0.3, 0.4) is 0 Å². The molecule has 1 saturated carbocycles. The van der Waals surface area contributed by atoms with Crippen LogP contribution in [-0.4, -0.2) is 27.5 Å². The second-order valence-electron chi connectivity index (χ2n) is 5.94. The van der Waals surface area contributed by atoms with Crippen LogP contribution in [-0.2, 0) is 0 Å². The predicted molar refractivity (Wildman–Crippen MR) is 83.3 cm³/mol. The topological polar surface area (TPSA) is 50.1 Å². The molecule has 21 heavy (non-hydrogen) atoms. The quantitative estimate of drug-likeness (QED) is 0.888. The van der Waals surface area contributed by atoms with Crippen LogP contribution in [0.2, 0.25) is 0 Å². The zero-order valence-corrected chi connectivity index (χ0v) is 12.4. The molecule has 4 nitrogen and oxygen atoms in total. The third-order valence-corrected chi connectivity index (χ3v) is 4.43. The maximum atomic E-state index is 9.87. The summed E-state index contributed by atoms with van der Waals surface area (Å²) >= 11 is 0. The summed E-state index contributed by atoms with van der Waals surface area (Å²) < 4.78 is 1.90. The van der Waals surface area contributed by atoms with Crippen molar-refractivity contribution in [2.45, 2.75) is 38.3 Å². The molecule has 0 spiro atoms. The van der Waals surface area contributed by atoms with E-state index in [1.165, 1.54) is 5.56 Å². The van der Waals surface area contributed by atoms with Crippen molar-refractivity contribution in [3.63, 3.8) is 0 Å². The van der Waals surface area contributed by atoms with Gasteiger partial charge in [-0.3, -0.25) is 0 Å². The zero-order valence-electron chi connectivity index (χ0n) is 12.4. The van der Waals surface area contributed by atoms with E-state index in [0.29, 0.717) is 5.92 Å². The van der Waals surface area contributed by atoms with Gasteiger partial charge in [-0.05, 0) is 37.8 Å². The van der Waals surface area contributed by atoms with Gasteiger partial charge in [-0.1, -0.05) is 24.6 Å². The fourth-order valence-electron chi connectivity index (χ4n) is 2.98. The van der Waals surface area contributed by atoms with E-state index in [4.69, 9.17) is 0 Å². The van der Waals surface area contributed by atoms with Crippen molar-refractivity contribution in [3.8, 4) is 5.69 Å². The maximum Gasteiger partial charge on any atom is 0.0645 e. The Morgan fingerprint density at radius 1 is 1.33 bits per heavy atom. The van der Waals surface area contributed by atoms with Gasteiger partial charge < -0.3 is 10.4 Å². The number of aromatic nitrogens is 2. The summed E-state index contributed by atoms with van der Waals surface area (Å²) in [6.07, 6.45) is 7.08. The fourth-order valence-corrected chi connectivity index (χ4v) is 2.98. The molecular formula is C17H23N3O. The molecule has 1 aliphatic carbocycles. The summed E-state index contributed by atoms with van der Waals surface area (Å²) in [5.74, 6) is 0.400. The van der Waals surface area contributed by atoms with Crippen molar-refractivity contribution >= 4 is 0 Å². The van der Waals surface area contributed by atoms with E-state index in [9.17, 15) is 5.11 Å². The first-order chi connectivity index (χ1) is 10.2. The van der Waals surface area contributed by atoms with Crippen LogP contribution in [0.25, 0.3) is 5.69 Å². The van der Waals surface area contributed by atoms with E-state index < -0.39 is 0 Å². The van der Waals surface area contributed by atoms with Gasteiger partial charge in [-0.15, -0.1) is 0 Å². The van der Waals surface area contributed by atoms with Crippen molar-refractivity contribution in [1.29, 1.82) is 0 Å². The Balaban J connectivity index is 1.60. The lowest BCUT2D eigenvalue weighted by molar-refractivity contribution is 0.130. The van der Waals surface area contributed by atoms with E-state index in [1.54, 1.807) is 0 Å². The Morgan fingerprint density at radius 2 is 2.14 bits per heavy atom. The molecule has 0 radical (unpaired) electrons. The maximum absolute atomic E-state index is 9.87. The summed E-state index contributed by atoms with van der Waals surface area (Å²) in [7, 11) is 0. The Bertz CT molecular complexity index is 566. The minimum absolute atomic E-state index is 0.128. The minimum Gasteiger partial charge on any atom is -0.393 e. The average molecular weight is 285 g/mol. The molecular weight excluding hydrogens is 262 g/mol. The monoisotopic (exact) mass is 285 g/mol. The van der Waals surface area contributed by atoms with Crippen LogP contribution in [0, 0.1) is 5.92 Å². The van der Waals surface area contributed by atoms with E-state index in [0.717, 1.165) is 31.5 Å². The van der Waals surface area contributed by atoms with Crippen molar-refractivity contribution < 1.29 is 5.11 Å². The van der Waals surface area contributed by atoms with Crippen molar-refractivity contribution in [3.05, 3.63) is 48.3 Å². The number of para-hydroxylation sites is 1. The number of nitrogens with zero attached hydrogens (tertiary/aromatic N) is 2. The average Bonchev–Trinajstić information content (AvgIpc) is 3.15. The minimum atomic E-state index is -0.128. The van der Waals surface area contributed by atoms with Gasteiger partial charge in [0.1, 0.15) is 0 Å². The van der Waals surface area contributed by atoms with Crippen LogP contribution >= 0.6 is 0 Å². The van der Waals surface area contributed by atoms with Crippen molar-refractivity contribution in [2.75, 3.05) is 6.54 Å². The number of hydrogen-bond acceptors (Lipinski definition) is 3. The standard InChI is InChI=1S/C17H23N3O/c1-13(18-10-14-6-5-9-17(14)21)15-11-19-20(12-15)16-7-3-2-4-8-16/h2-4,7-8,11-14,17-18,21H,5-6,9-10H2,1H3. The lowest BCUT2D eigenvalue weighted by Crippen LogP contribution is -2.29. The third-order valence-electron chi connectivity index (χ3n) is 4.43. The molecule has 0 amide bonds. The summed E-state index contributed by atoms with van der Waals surface area (Å²) in [5, 5.41) is 17.8.